The molecular weight excluding hydrogens is 286 g/mol. The average molecular weight is 309 g/mol. The summed E-state index contributed by atoms with van der Waals surface area (Å²) in [7, 11) is 0. The van der Waals surface area contributed by atoms with Gasteiger partial charge in [-0.25, -0.2) is 0 Å². The number of fused-ring (bicyclic) bond motifs is 3. The van der Waals surface area contributed by atoms with Crippen molar-refractivity contribution in [1.82, 2.24) is 5.32 Å². The Morgan fingerprint density at radius 2 is 1.61 bits per heavy atom. The van der Waals surface area contributed by atoms with E-state index in [4.69, 9.17) is 4.74 Å². The number of hydrogen-bond donors (Lipinski definition) is 1. The Balaban J connectivity index is 1.71. The predicted molar refractivity (Wildman–Crippen MR) is 92.4 cm³/mol. The molecule has 0 bridgehead atoms. The first-order chi connectivity index (χ1) is 11.2. The number of ether oxygens (including phenoxy) is 1. The molecule has 0 atom stereocenters. The maximum atomic E-state index is 12.6. The maximum absolute atomic E-state index is 12.6. The molecule has 23 heavy (non-hydrogen) atoms. The molecule has 1 N–H and O–H groups in total. The van der Waals surface area contributed by atoms with Crippen LogP contribution >= 0.6 is 0 Å². The molecule has 0 saturated heterocycles. The average Bonchev–Trinajstić information content (AvgIpc) is 2.89. The van der Waals surface area contributed by atoms with E-state index in [1.54, 1.807) is 0 Å². The highest BCUT2D eigenvalue weighted by molar-refractivity contribution is 5.93. The first-order valence-electron chi connectivity index (χ1n) is 8.24. The molecule has 0 radical (unpaired) electrons. The Kier molecular flexibility index (Phi) is 4.77. The van der Waals surface area contributed by atoms with Crippen molar-refractivity contribution in [3.05, 3.63) is 59.7 Å². The number of benzene rings is 2. The molecule has 0 unspecified atom stereocenters. The minimum Gasteiger partial charge on any atom is -0.464 e. The highest BCUT2D eigenvalue weighted by Crippen LogP contribution is 2.44. The summed E-state index contributed by atoms with van der Waals surface area (Å²) in [6.07, 6.45) is 0. The van der Waals surface area contributed by atoms with Crippen LogP contribution in [0.4, 0.5) is 0 Å². The van der Waals surface area contributed by atoms with Crippen molar-refractivity contribution in [2.24, 2.45) is 5.92 Å². The lowest BCUT2D eigenvalue weighted by Gasteiger charge is -2.14. The SMILES string of the molecule is CC(C)CNCCOC(=O)C1c2ccccc2-c2ccccc21. The number of esters is 1. The molecule has 1 aliphatic carbocycles. The van der Waals surface area contributed by atoms with E-state index in [0.717, 1.165) is 28.8 Å². The van der Waals surface area contributed by atoms with Crippen LogP contribution < -0.4 is 5.32 Å². The molecule has 0 heterocycles. The summed E-state index contributed by atoms with van der Waals surface area (Å²) in [6.45, 7) is 6.36. The molecule has 3 rings (SSSR count). The molecule has 0 saturated carbocycles. The second kappa shape index (κ2) is 6.97. The molecule has 1 aliphatic rings. The first-order valence-corrected chi connectivity index (χ1v) is 8.24. The molecule has 0 fully saturated rings. The number of rotatable bonds is 6. The molecule has 2 aromatic carbocycles. The van der Waals surface area contributed by atoms with Gasteiger partial charge in [-0.15, -0.1) is 0 Å². The van der Waals surface area contributed by atoms with Gasteiger partial charge in [-0.05, 0) is 34.7 Å². The fourth-order valence-electron chi connectivity index (χ4n) is 3.11. The summed E-state index contributed by atoms with van der Waals surface area (Å²) >= 11 is 0. The van der Waals surface area contributed by atoms with E-state index in [9.17, 15) is 4.79 Å². The van der Waals surface area contributed by atoms with Crippen LogP contribution in [0.5, 0.6) is 0 Å². The van der Waals surface area contributed by atoms with Gasteiger partial charge in [0.15, 0.2) is 0 Å². The summed E-state index contributed by atoms with van der Waals surface area (Å²) in [5.74, 6) is 0.139. The third-order valence-electron chi connectivity index (χ3n) is 4.15. The Morgan fingerprint density at radius 1 is 1.04 bits per heavy atom. The van der Waals surface area contributed by atoms with Gasteiger partial charge < -0.3 is 10.1 Å². The van der Waals surface area contributed by atoms with Crippen molar-refractivity contribution >= 4 is 5.97 Å². The fraction of sp³-hybridized carbons (Fsp3) is 0.350. The Bertz CT molecular complexity index is 648. The molecule has 0 amide bonds. The number of carbonyl (C=O) groups is 1. The lowest BCUT2D eigenvalue weighted by Crippen LogP contribution is -2.26. The lowest BCUT2D eigenvalue weighted by molar-refractivity contribution is -0.144. The Morgan fingerprint density at radius 3 is 2.17 bits per heavy atom. The van der Waals surface area contributed by atoms with Crippen LogP contribution in [0, 0.1) is 5.92 Å². The number of nitrogens with one attached hydrogen (secondary N) is 1. The molecule has 120 valence electrons. The van der Waals surface area contributed by atoms with E-state index in [0.29, 0.717) is 19.1 Å². The zero-order valence-electron chi connectivity index (χ0n) is 13.7. The monoisotopic (exact) mass is 309 g/mol. The van der Waals surface area contributed by atoms with Gasteiger partial charge in [0.05, 0.1) is 0 Å². The van der Waals surface area contributed by atoms with Crippen molar-refractivity contribution in [1.29, 1.82) is 0 Å². The van der Waals surface area contributed by atoms with Crippen LogP contribution in [0.2, 0.25) is 0 Å². The second-order valence-corrected chi connectivity index (χ2v) is 6.37. The minimum absolute atomic E-state index is 0.159. The van der Waals surface area contributed by atoms with Crippen LogP contribution in [0.3, 0.4) is 0 Å². The molecule has 3 nitrogen and oxygen atoms in total. The Hall–Kier alpha value is -2.13. The summed E-state index contributed by atoms with van der Waals surface area (Å²) in [6, 6.07) is 16.2. The predicted octanol–water partition coefficient (Wildman–Crippen LogP) is 3.59. The van der Waals surface area contributed by atoms with Gasteiger partial charge in [0, 0.05) is 6.54 Å². The zero-order chi connectivity index (χ0) is 16.2. The second-order valence-electron chi connectivity index (χ2n) is 6.37. The summed E-state index contributed by atoms with van der Waals surface area (Å²) in [5, 5.41) is 3.29. The van der Waals surface area contributed by atoms with Crippen LogP contribution in [-0.2, 0) is 9.53 Å². The van der Waals surface area contributed by atoms with Crippen LogP contribution in [-0.4, -0.2) is 25.7 Å². The molecule has 0 aromatic heterocycles. The van der Waals surface area contributed by atoms with Crippen molar-refractivity contribution in [2.75, 3.05) is 19.7 Å². The molecule has 3 heteroatoms. The number of hydrogen-bond acceptors (Lipinski definition) is 3. The highest BCUT2D eigenvalue weighted by atomic mass is 16.5. The molecular formula is C20H23NO2. The van der Waals surface area contributed by atoms with Gasteiger partial charge in [0.25, 0.3) is 0 Å². The summed E-state index contributed by atoms with van der Waals surface area (Å²) in [4.78, 5) is 12.6. The summed E-state index contributed by atoms with van der Waals surface area (Å²) in [5.41, 5.74) is 4.38. The van der Waals surface area contributed by atoms with Crippen molar-refractivity contribution in [3.8, 4) is 11.1 Å². The van der Waals surface area contributed by atoms with Gasteiger partial charge in [0.1, 0.15) is 12.5 Å². The quantitative estimate of drug-likeness (QED) is 0.654. The van der Waals surface area contributed by atoms with Gasteiger partial charge in [-0.1, -0.05) is 62.4 Å². The van der Waals surface area contributed by atoms with Crippen LogP contribution in [0.1, 0.15) is 30.9 Å². The van der Waals surface area contributed by atoms with Crippen molar-refractivity contribution in [3.63, 3.8) is 0 Å². The van der Waals surface area contributed by atoms with E-state index >= 15 is 0 Å². The van der Waals surface area contributed by atoms with Crippen molar-refractivity contribution in [2.45, 2.75) is 19.8 Å². The normalized spacial score (nSPS) is 13.0. The minimum atomic E-state index is -0.299. The largest absolute Gasteiger partial charge is 0.464 e. The van der Waals surface area contributed by atoms with E-state index in [2.05, 4.69) is 31.3 Å². The maximum Gasteiger partial charge on any atom is 0.318 e. The highest BCUT2D eigenvalue weighted by Gasteiger charge is 2.34. The lowest BCUT2D eigenvalue weighted by atomic mass is 9.97. The third-order valence-corrected chi connectivity index (χ3v) is 4.15. The van der Waals surface area contributed by atoms with E-state index in [1.165, 1.54) is 0 Å². The molecule has 0 aliphatic heterocycles. The van der Waals surface area contributed by atoms with Gasteiger partial charge >= 0.3 is 5.97 Å². The van der Waals surface area contributed by atoms with Gasteiger partial charge in [-0.2, -0.15) is 0 Å². The molecule has 2 aromatic rings. The van der Waals surface area contributed by atoms with Gasteiger partial charge in [0.2, 0.25) is 0 Å². The topological polar surface area (TPSA) is 38.3 Å². The summed E-state index contributed by atoms with van der Waals surface area (Å²) < 4.78 is 5.52. The molecule has 0 spiro atoms. The van der Waals surface area contributed by atoms with Crippen LogP contribution in [0.15, 0.2) is 48.5 Å². The number of carbonyl (C=O) groups excluding carboxylic acids is 1. The smallest absolute Gasteiger partial charge is 0.318 e. The Labute approximate surface area is 137 Å². The third kappa shape index (κ3) is 3.30. The van der Waals surface area contributed by atoms with E-state index < -0.39 is 0 Å². The van der Waals surface area contributed by atoms with E-state index in [1.807, 2.05) is 36.4 Å². The zero-order valence-corrected chi connectivity index (χ0v) is 13.7. The fourth-order valence-corrected chi connectivity index (χ4v) is 3.11. The van der Waals surface area contributed by atoms with Crippen molar-refractivity contribution < 1.29 is 9.53 Å². The first kappa shape index (κ1) is 15.8. The van der Waals surface area contributed by atoms with E-state index in [-0.39, 0.29) is 11.9 Å². The van der Waals surface area contributed by atoms with Gasteiger partial charge in [-0.3, -0.25) is 4.79 Å². The van der Waals surface area contributed by atoms with Crippen LogP contribution in [0.25, 0.3) is 11.1 Å². The standard InChI is InChI=1S/C20H23NO2/c1-14(2)13-21-11-12-23-20(22)19-17-9-5-3-7-15(17)16-8-4-6-10-18(16)19/h3-10,14,19,21H,11-13H2,1-2H3.